The molecule has 8 heteroatoms. The Kier molecular flexibility index (Phi) is 7.06. The lowest BCUT2D eigenvalue weighted by molar-refractivity contribution is -0.111. The number of hydrogen-bond acceptors (Lipinski definition) is 5. The third-order valence-corrected chi connectivity index (χ3v) is 4.65. The minimum Gasteiger partial charge on any atom is -0.465 e. The number of nitrogens with zero attached hydrogens (tertiary/aromatic N) is 2. The third-order valence-electron chi connectivity index (χ3n) is 4.65. The highest BCUT2D eigenvalue weighted by atomic mass is 16.5. The van der Waals surface area contributed by atoms with Crippen LogP contribution in [0.5, 0.6) is 0 Å². The predicted octanol–water partition coefficient (Wildman–Crippen LogP) is 1.92. The Hall–Kier alpha value is -4.64. The number of aromatic nitrogens is 2. The zero-order valence-corrected chi connectivity index (χ0v) is 18.3. The fourth-order valence-corrected chi connectivity index (χ4v) is 2.96. The Labute approximate surface area is 189 Å². The number of nitrogens with one attached hydrogen (secondary N) is 1. The number of rotatable bonds is 4. The van der Waals surface area contributed by atoms with Gasteiger partial charge in [-0.15, -0.1) is 0 Å². The maximum Gasteiger partial charge on any atom is 0.337 e. The van der Waals surface area contributed by atoms with Gasteiger partial charge in [-0.25, -0.2) is 9.59 Å². The Balaban J connectivity index is 1.74. The molecule has 8 nitrogen and oxygen atoms in total. The molecule has 0 saturated carbocycles. The fourth-order valence-electron chi connectivity index (χ4n) is 2.96. The summed E-state index contributed by atoms with van der Waals surface area (Å²) >= 11 is 0. The highest BCUT2D eigenvalue weighted by Crippen LogP contribution is 2.11. The van der Waals surface area contributed by atoms with Crippen molar-refractivity contribution in [3.63, 3.8) is 0 Å². The predicted molar refractivity (Wildman–Crippen MR) is 125 cm³/mol. The third kappa shape index (κ3) is 5.74. The Bertz CT molecular complexity index is 1430. The summed E-state index contributed by atoms with van der Waals surface area (Å²) in [6, 6.07) is 13.7. The minimum absolute atomic E-state index is 0.212. The maximum absolute atomic E-state index is 12.3. The zero-order valence-electron chi connectivity index (χ0n) is 18.3. The number of anilines is 1. The molecule has 1 N–H and O–H groups in total. The number of hydrogen-bond donors (Lipinski definition) is 1. The van der Waals surface area contributed by atoms with Gasteiger partial charge in [0.15, 0.2) is 0 Å². The lowest BCUT2D eigenvalue weighted by Gasteiger charge is -2.04. The molecule has 166 valence electrons. The summed E-state index contributed by atoms with van der Waals surface area (Å²) in [6.45, 7) is 0. The fraction of sp³-hybridized carbons (Fsp3) is 0.120. The monoisotopic (exact) mass is 443 g/mol. The molecule has 0 radical (unpaired) electrons. The van der Waals surface area contributed by atoms with E-state index in [0.717, 1.165) is 4.57 Å². The average Bonchev–Trinajstić information content (AvgIpc) is 2.82. The van der Waals surface area contributed by atoms with Crippen molar-refractivity contribution in [2.45, 2.75) is 0 Å². The summed E-state index contributed by atoms with van der Waals surface area (Å²) < 4.78 is 6.95. The van der Waals surface area contributed by atoms with E-state index in [1.165, 1.54) is 44.1 Å². The lowest BCUT2D eigenvalue weighted by Crippen LogP contribution is -2.37. The van der Waals surface area contributed by atoms with E-state index >= 15 is 0 Å². The molecule has 0 aliphatic carbocycles. The number of carbonyl (C=O) groups excluding carboxylic acids is 2. The van der Waals surface area contributed by atoms with Crippen LogP contribution in [0.2, 0.25) is 0 Å². The first-order valence-electron chi connectivity index (χ1n) is 9.84. The summed E-state index contributed by atoms with van der Waals surface area (Å²) in [5.41, 5.74) is 1.51. The van der Waals surface area contributed by atoms with Gasteiger partial charge in [-0.3, -0.25) is 14.2 Å². The second-order valence-electron chi connectivity index (χ2n) is 7.07. The van der Waals surface area contributed by atoms with Crippen molar-refractivity contribution in [3.8, 4) is 11.8 Å². The van der Waals surface area contributed by atoms with E-state index in [1.807, 2.05) is 0 Å². The molecule has 0 unspecified atom stereocenters. The molecule has 0 spiro atoms. The van der Waals surface area contributed by atoms with Gasteiger partial charge in [-0.1, -0.05) is 24.0 Å². The smallest absolute Gasteiger partial charge is 0.337 e. The van der Waals surface area contributed by atoms with E-state index < -0.39 is 23.1 Å². The maximum atomic E-state index is 12.3. The van der Waals surface area contributed by atoms with Crippen molar-refractivity contribution in [2.24, 2.45) is 14.1 Å². The van der Waals surface area contributed by atoms with Crippen molar-refractivity contribution in [2.75, 3.05) is 12.4 Å². The molecule has 3 rings (SSSR count). The van der Waals surface area contributed by atoms with Gasteiger partial charge in [0.25, 0.3) is 5.56 Å². The number of amides is 1. The number of esters is 1. The summed E-state index contributed by atoms with van der Waals surface area (Å²) in [5.74, 6) is 5.09. The van der Waals surface area contributed by atoms with Crippen LogP contribution in [0, 0.1) is 11.8 Å². The standard InChI is InChI=1S/C25H21N3O5/c1-27-16-20(23(30)28(2)25(27)32)12-13-22(29)26-21-9-5-7-18(15-21)11-10-17-6-4-8-19(14-17)24(31)33-3/h4-9,12-16H,1-3H3,(H,26,29)/b13-12-. The van der Waals surface area contributed by atoms with Crippen LogP contribution in [0.25, 0.3) is 6.08 Å². The number of carbonyl (C=O) groups is 2. The van der Waals surface area contributed by atoms with E-state index in [2.05, 4.69) is 17.2 Å². The highest BCUT2D eigenvalue weighted by Gasteiger charge is 2.06. The van der Waals surface area contributed by atoms with Gasteiger partial charge in [0.2, 0.25) is 5.91 Å². The first-order valence-corrected chi connectivity index (χ1v) is 9.84. The molecular weight excluding hydrogens is 422 g/mol. The Morgan fingerprint density at radius 2 is 1.67 bits per heavy atom. The van der Waals surface area contributed by atoms with Crippen molar-refractivity contribution >= 4 is 23.6 Å². The molecule has 0 saturated heterocycles. The van der Waals surface area contributed by atoms with E-state index in [1.54, 1.807) is 48.5 Å². The number of ether oxygens (including phenoxy) is 1. The van der Waals surface area contributed by atoms with Gasteiger partial charge in [0, 0.05) is 43.2 Å². The van der Waals surface area contributed by atoms with E-state index in [4.69, 9.17) is 4.74 Å². The normalized spacial score (nSPS) is 10.4. The number of aryl methyl sites for hydroxylation is 1. The molecule has 2 aromatic carbocycles. The molecule has 0 aliphatic heterocycles. The first kappa shape index (κ1) is 23.0. The molecular formula is C25H21N3O5. The van der Waals surface area contributed by atoms with Crippen molar-refractivity contribution in [1.29, 1.82) is 0 Å². The van der Waals surface area contributed by atoms with Crippen LogP contribution in [0.4, 0.5) is 5.69 Å². The topological polar surface area (TPSA) is 99.4 Å². The quantitative estimate of drug-likeness (QED) is 0.377. The largest absolute Gasteiger partial charge is 0.465 e. The van der Waals surface area contributed by atoms with E-state index in [-0.39, 0.29) is 5.56 Å². The number of methoxy groups -OCH3 is 1. The summed E-state index contributed by atoms with van der Waals surface area (Å²) in [5, 5.41) is 2.71. The second kappa shape index (κ2) is 10.1. The summed E-state index contributed by atoms with van der Waals surface area (Å²) in [6.07, 6.45) is 3.95. The van der Waals surface area contributed by atoms with E-state index in [0.29, 0.717) is 22.4 Å². The van der Waals surface area contributed by atoms with Crippen LogP contribution >= 0.6 is 0 Å². The van der Waals surface area contributed by atoms with Gasteiger partial charge < -0.3 is 14.6 Å². The molecule has 0 bridgehead atoms. The average molecular weight is 443 g/mol. The Morgan fingerprint density at radius 3 is 2.36 bits per heavy atom. The molecule has 1 aromatic heterocycles. The lowest BCUT2D eigenvalue weighted by atomic mass is 10.1. The summed E-state index contributed by atoms with van der Waals surface area (Å²) in [4.78, 5) is 47.8. The van der Waals surface area contributed by atoms with Crippen molar-refractivity contribution in [3.05, 3.63) is 104 Å². The van der Waals surface area contributed by atoms with Crippen molar-refractivity contribution in [1.82, 2.24) is 9.13 Å². The van der Waals surface area contributed by atoms with Gasteiger partial charge in [0.05, 0.1) is 18.2 Å². The van der Waals surface area contributed by atoms with Gasteiger partial charge in [0.1, 0.15) is 0 Å². The van der Waals surface area contributed by atoms with Crippen LogP contribution in [0.1, 0.15) is 27.0 Å². The van der Waals surface area contributed by atoms with Gasteiger partial charge in [-0.05, 0) is 42.5 Å². The zero-order chi connectivity index (χ0) is 24.0. The van der Waals surface area contributed by atoms with Crippen LogP contribution in [-0.2, 0) is 23.6 Å². The molecule has 3 aromatic rings. The molecule has 0 aliphatic rings. The van der Waals surface area contributed by atoms with Gasteiger partial charge >= 0.3 is 11.7 Å². The molecule has 1 amide bonds. The van der Waals surface area contributed by atoms with Gasteiger partial charge in [-0.2, -0.15) is 0 Å². The first-order chi connectivity index (χ1) is 15.8. The molecule has 0 atom stereocenters. The van der Waals surface area contributed by atoms with Crippen LogP contribution < -0.4 is 16.6 Å². The van der Waals surface area contributed by atoms with E-state index in [9.17, 15) is 19.2 Å². The van der Waals surface area contributed by atoms with Crippen molar-refractivity contribution < 1.29 is 14.3 Å². The second-order valence-corrected chi connectivity index (χ2v) is 7.07. The summed E-state index contributed by atoms with van der Waals surface area (Å²) in [7, 11) is 4.22. The highest BCUT2D eigenvalue weighted by molar-refractivity contribution is 6.02. The van der Waals surface area contributed by atoms with Crippen LogP contribution in [-0.4, -0.2) is 28.1 Å². The van der Waals surface area contributed by atoms with Crippen LogP contribution in [0.15, 0.2) is 70.4 Å². The number of benzene rings is 2. The van der Waals surface area contributed by atoms with Crippen LogP contribution in [0.3, 0.4) is 0 Å². The molecule has 0 fully saturated rings. The molecule has 1 heterocycles. The SMILES string of the molecule is COC(=O)c1cccc(C#Cc2cccc(NC(=O)/C=C\c3cn(C)c(=O)n(C)c3=O)c2)c1. The Morgan fingerprint density at radius 1 is 1.00 bits per heavy atom. The minimum atomic E-state index is -0.490. The molecule has 33 heavy (non-hydrogen) atoms.